The van der Waals surface area contributed by atoms with Gasteiger partial charge in [0.15, 0.2) is 0 Å². The number of aromatic nitrogens is 1. The molecule has 0 saturated heterocycles. The van der Waals surface area contributed by atoms with Crippen LogP contribution < -0.4 is 10.3 Å². The summed E-state index contributed by atoms with van der Waals surface area (Å²) in [5.41, 5.74) is 0.0999. The standard InChI is InChI=1S/C12H11ClN2O3S/c13-10-5-3-9(4-6-10)8-19(17,18)15-11-2-1-7-14-12(11)16/h1-7,15H,8H2,(H,14,16). The van der Waals surface area contributed by atoms with E-state index >= 15 is 0 Å². The Bertz CT molecular complexity index is 723. The topological polar surface area (TPSA) is 79.0 Å². The van der Waals surface area contributed by atoms with Gasteiger partial charge in [0.05, 0.1) is 5.75 Å². The van der Waals surface area contributed by atoms with E-state index < -0.39 is 15.6 Å². The molecule has 0 fully saturated rings. The smallest absolute Gasteiger partial charge is 0.272 e. The zero-order valence-corrected chi connectivity index (χ0v) is 11.3. The van der Waals surface area contributed by atoms with Gasteiger partial charge in [-0.25, -0.2) is 8.42 Å². The van der Waals surface area contributed by atoms with E-state index in [1.165, 1.54) is 12.3 Å². The average molecular weight is 299 g/mol. The van der Waals surface area contributed by atoms with Gasteiger partial charge in [0, 0.05) is 11.2 Å². The Labute approximate surface area is 115 Å². The van der Waals surface area contributed by atoms with Crippen molar-refractivity contribution in [3.05, 3.63) is 63.5 Å². The molecule has 19 heavy (non-hydrogen) atoms. The molecule has 2 N–H and O–H groups in total. The van der Waals surface area contributed by atoms with Gasteiger partial charge in [0.1, 0.15) is 5.69 Å². The summed E-state index contributed by atoms with van der Waals surface area (Å²) in [6, 6.07) is 9.41. The van der Waals surface area contributed by atoms with Crippen molar-refractivity contribution in [1.29, 1.82) is 0 Å². The number of hydrogen-bond acceptors (Lipinski definition) is 3. The second kappa shape index (κ2) is 5.46. The van der Waals surface area contributed by atoms with E-state index in [-0.39, 0.29) is 11.4 Å². The van der Waals surface area contributed by atoms with Gasteiger partial charge in [-0.05, 0) is 29.8 Å². The largest absolute Gasteiger partial charge is 0.327 e. The summed E-state index contributed by atoms with van der Waals surface area (Å²) in [5.74, 6) is -0.224. The molecule has 0 radical (unpaired) electrons. The number of rotatable bonds is 4. The number of H-pyrrole nitrogens is 1. The second-order valence-corrected chi connectivity index (χ2v) is 6.06. The number of sulfonamides is 1. The Kier molecular flexibility index (Phi) is 3.92. The van der Waals surface area contributed by atoms with E-state index in [2.05, 4.69) is 9.71 Å². The first-order chi connectivity index (χ1) is 8.96. The minimum Gasteiger partial charge on any atom is -0.327 e. The molecule has 0 bridgehead atoms. The molecule has 0 atom stereocenters. The lowest BCUT2D eigenvalue weighted by atomic mass is 10.2. The third-order valence-corrected chi connectivity index (χ3v) is 3.85. The van der Waals surface area contributed by atoms with Crippen molar-refractivity contribution in [3.8, 4) is 0 Å². The molecule has 2 aromatic rings. The van der Waals surface area contributed by atoms with Crippen LogP contribution in [0.5, 0.6) is 0 Å². The fraction of sp³-hybridized carbons (Fsp3) is 0.0833. The van der Waals surface area contributed by atoms with Crippen LogP contribution in [0.15, 0.2) is 47.4 Å². The fourth-order valence-electron chi connectivity index (χ4n) is 1.51. The summed E-state index contributed by atoms with van der Waals surface area (Å²) in [5, 5.41) is 0.536. The van der Waals surface area contributed by atoms with Crippen molar-refractivity contribution < 1.29 is 8.42 Å². The number of halogens is 1. The molecule has 0 aliphatic carbocycles. The lowest BCUT2D eigenvalue weighted by Crippen LogP contribution is -2.20. The summed E-state index contributed by atoms with van der Waals surface area (Å²) >= 11 is 5.72. The Morgan fingerprint density at radius 2 is 1.84 bits per heavy atom. The van der Waals surface area contributed by atoms with Crippen LogP contribution in [0, 0.1) is 0 Å². The molecule has 0 aliphatic heterocycles. The SMILES string of the molecule is O=c1[nH]cccc1NS(=O)(=O)Cc1ccc(Cl)cc1. The third-order valence-electron chi connectivity index (χ3n) is 2.35. The molecule has 0 spiro atoms. The monoisotopic (exact) mass is 298 g/mol. The quantitative estimate of drug-likeness (QED) is 0.906. The van der Waals surface area contributed by atoms with Crippen molar-refractivity contribution in [3.63, 3.8) is 0 Å². The molecular formula is C12H11ClN2O3S. The number of nitrogens with one attached hydrogen (secondary N) is 2. The van der Waals surface area contributed by atoms with Crippen molar-refractivity contribution in [2.24, 2.45) is 0 Å². The van der Waals surface area contributed by atoms with Gasteiger partial charge in [-0.15, -0.1) is 0 Å². The molecule has 1 aromatic carbocycles. The molecule has 100 valence electrons. The molecule has 0 unspecified atom stereocenters. The van der Waals surface area contributed by atoms with Crippen LogP contribution in [0.2, 0.25) is 5.02 Å². The first-order valence-electron chi connectivity index (χ1n) is 5.39. The maximum atomic E-state index is 11.9. The minimum atomic E-state index is -3.64. The summed E-state index contributed by atoms with van der Waals surface area (Å²) < 4.78 is 26.1. The Hall–Kier alpha value is -1.79. The summed E-state index contributed by atoms with van der Waals surface area (Å²) in [6.07, 6.45) is 1.43. The second-order valence-electron chi connectivity index (χ2n) is 3.90. The van der Waals surface area contributed by atoms with Gasteiger partial charge in [-0.1, -0.05) is 23.7 Å². The molecule has 1 heterocycles. The lowest BCUT2D eigenvalue weighted by molar-refractivity contribution is 0.600. The molecule has 0 aliphatic rings. The van der Waals surface area contributed by atoms with Gasteiger partial charge >= 0.3 is 0 Å². The van der Waals surface area contributed by atoms with E-state index in [0.717, 1.165) is 0 Å². The molecule has 0 saturated carbocycles. The molecule has 7 heteroatoms. The highest BCUT2D eigenvalue weighted by atomic mass is 35.5. The van der Waals surface area contributed by atoms with Crippen LogP contribution in [0.1, 0.15) is 5.56 Å². The van der Waals surface area contributed by atoms with Crippen molar-refractivity contribution >= 4 is 27.3 Å². The average Bonchev–Trinajstić information content (AvgIpc) is 2.35. The number of benzene rings is 1. The molecule has 1 aromatic heterocycles. The van der Waals surface area contributed by atoms with Crippen LogP contribution in [-0.4, -0.2) is 13.4 Å². The fourth-order valence-corrected chi connectivity index (χ4v) is 2.83. The van der Waals surface area contributed by atoms with Gasteiger partial charge < -0.3 is 4.98 Å². The maximum absolute atomic E-state index is 11.9. The Balaban J connectivity index is 2.18. The van der Waals surface area contributed by atoms with E-state index in [4.69, 9.17) is 11.6 Å². The van der Waals surface area contributed by atoms with Gasteiger partial charge in [-0.3, -0.25) is 9.52 Å². The van der Waals surface area contributed by atoms with Crippen LogP contribution >= 0.6 is 11.6 Å². The highest BCUT2D eigenvalue weighted by molar-refractivity contribution is 7.91. The zero-order valence-electron chi connectivity index (χ0n) is 9.76. The van der Waals surface area contributed by atoms with E-state index in [1.807, 2.05) is 0 Å². The van der Waals surface area contributed by atoms with Gasteiger partial charge in [0.2, 0.25) is 10.0 Å². The molecule has 2 rings (SSSR count). The Morgan fingerprint density at radius 1 is 1.16 bits per heavy atom. The molecule has 0 amide bonds. The van der Waals surface area contributed by atoms with Crippen LogP contribution in [0.25, 0.3) is 0 Å². The first-order valence-corrected chi connectivity index (χ1v) is 7.42. The Morgan fingerprint density at radius 3 is 2.47 bits per heavy atom. The predicted octanol–water partition coefficient (Wildman–Crippen LogP) is 1.97. The minimum absolute atomic E-state index is 0.00327. The molecule has 5 nitrogen and oxygen atoms in total. The predicted molar refractivity (Wildman–Crippen MR) is 74.8 cm³/mol. The third kappa shape index (κ3) is 3.84. The summed E-state index contributed by atoms with van der Waals surface area (Å²) in [6.45, 7) is 0. The first kappa shape index (κ1) is 13.6. The normalized spacial score (nSPS) is 11.2. The number of hydrogen-bond donors (Lipinski definition) is 2. The van der Waals surface area contributed by atoms with Crippen molar-refractivity contribution in [2.45, 2.75) is 5.75 Å². The number of anilines is 1. The van der Waals surface area contributed by atoms with Crippen LogP contribution in [0.3, 0.4) is 0 Å². The van der Waals surface area contributed by atoms with Gasteiger partial charge in [-0.2, -0.15) is 0 Å². The van der Waals surface area contributed by atoms with Crippen LogP contribution in [0.4, 0.5) is 5.69 Å². The lowest BCUT2D eigenvalue weighted by Gasteiger charge is -2.07. The summed E-state index contributed by atoms with van der Waals surface area (Å²) in [7, 11) is -3.64. The van der Waals surface area contributed by atoms with E-state index in [0.29, 0.717) is 10.6 Å². The van der Waals surface area contributed by atoms with Crippen molar-refractivity contribution in [1.82, 2.24) is 4.98 Å². The summed E-state index contributed by atoms with van der Waals surface area (Å²) in [4.78, 5) is 13.8. The highest BCUT2D eigenvalue weighted by Crippen LogP contribution is 2.13. The van der Waals surface area contributed by atoms with Crippen LogP contribution in [-0.2, 0) is 15.8 Å². The number of pyridine rings is 1. The maximum Gasteiger partial charge on any atom is 0.272 e. The molecular weight excluding hydrogens is 288 g/mol. The van der Waals surface area contributed by atoms with Crippen molar-refractivity contribution in [2.75, 3.05) is 4.72 Å². The number of aromatic amines is 1. The highest BCUT2D eigenvalue weighted by Gasteiger charge is 2.13. The van der Waals surface area contributed by atoms with E-state index in [1.54, 1.807) is 30.3 Å². The zero-order chi connectivity index (χ0) is 13.9. The van der Waals surface area contributed by atoms with E-state index in [9.17, 15) is 13.2 Å². The van der Waals surface area contributed by atoms with Gasteiger partial charge in [0.25, 0.3) is 5.56 Å².